The zero-order valence-corrected chi connectivity index (χ0v) is 18.0. The average Bonchev–Trinajstić information content (AvgIpc) is 3.17. The first-order valence-electron chi connectivity index (χ1n) is 10.7. The molecule has 1 aliphatic heterocycles. The Morgan fingerprint density at radius 3 is 2.52 bits per heavy atom. The maximum atomic E-state index is 13.2. The van der Waals surface area contributed by atoms with E-state index in [1.165, 1.54) is 12.1 Å². The summed E-state index contributed by atoms with van der Waals surface area (Å²) in [6, 6.07) is 6.63. The molecule has 4 rings (SSSR count). The van der Waals surface area contributed by atoms with E-state index in [0.717, 1.165) is 48.7 Å². The molecule has 31 heavy (non-hydrogen) atoms. The molecular formula is C22H28FN7O. The summed E-state index contributed by atoms with van der Waals surface area (Å²) in [7, 11) is 0. The minimum atomic E-state index is -0.220. The lowest BCUT2D eigenvalue weighted by Gasteiger charge is -2.36. The number of nitrogens with one attached hydrogen (secondary N) is 1. The molecule has 0 atom stereocenters. The van der Waals surface area contributed by atoms with Gasteiger partial charge < -0.3 is 15.1 Å². The highest BCUT2D eigenvalue weighted by Crippen LogP contribution is 2.25. The highest BCUT2D eigenvalue weighted by atomic mass is 19.1. The summed E-state index contributed by atoms with van der Waals surface area (Å²) < 4.78 is 15.0. The molecule has 0 spiro atoms. The van der Waals surface area contributed by atoms with Crippen LogP contribution in [-0.2, 0) is 11.3 Å². The molecule has 1 aliphatic rings. The molecule has 8 nitrogen and oxygen atoms in total. The topological polar surface area (TPSA) is 79.2 Å². The van der Waals surface area contributed by atoms with Crippen molar-refractivity contribution in [2.75, 3.05) is 42.5 Å². The Morgan fingerprint density at radius 2 is 1.81 bits per heavy atom. The summed E-state index contributed by atoms with van der Waals surface area (Å²) in [5.41, 5.74) is 1.80. The molecule has 1 aromatic carbocycles. The third-order valence-corrected chi connectivity index (χ3v) is 5.42. The van der Waals surface area contributed by atoms with E-state index in [2.05, 4.69) is 30.2 Å². The van der Waals surface area contributed by atoms with Crippen LogP contribution in [0, 0.1) is 11.7 Å². The summed E-state index contributed by atoms with van der Waals surface area (Å²) >= 11 is 0. The smallest absolute Gasteiger partial charge is 0.220 e. The number of halogens is 1. The lowest BCUT2D eigenvalue weighted by molar-refractivity contribution is -0.121. The van der Waals surface area contributed by atoms with Crippen LogP contribution in [0.1, 0.15) is 20.3 Å². The monoisotopic (exact) mass is 425 g/mol. The molecule has 0 saturated carbocycles. The van der Waals surface area contributed by atoms with Crippen molar-refractivity contribution in [2.24, 2.45) is 5.92 Å². The summed E-state index contributed by atoms with van der Waals surface area (Å²) in [6.45, 7) is 8.39. The zero-order valence-electron chi connectivity index (χ0n) is 18.0. The van der Waals surface area contributed by atoms with Gasteiger partial charge in [0.1, 0.15) is 18.0 Å². The van der Waals surface area contributed by atoms with Crippen molar-refractivity contribution in [1.82, 2.24) is 25.1 Å². The molecule has 2 aromatic heterocycles. The molecule has 3 aromatic rings. The molecule has 3 heterocycles. The highest BCUT2D eigenvalue weighted by molar-refractivity contribution is 5.86. The van der Waals surface area contributed by atoms with Crippen LogP contribution in [0.15, 0.2) is 36.8 Å². The molecule has 1 N–H and O–H groups in total. The highest BCUT2D eigenvalue weighted by Gasteiger charge is 2.21. The van der Waals surface area contributed by atoms with Crippen molar-refractivity contribution in [3.8, 4) is 0 Å². The number of carbonyl (C=O) groups is 1. The van der Waals surface area contributed by atoms with Crippen LogP contribution < -0.4 is 15.1 Å². The van der Waals surface area contributed by atoms with E-state index in [0.29, 0.717) is 25.4 Å². The number of amides is 1. The van der Waals surface area contributed by atoms with E-state index in [9.17, 15) is 9.18 Å². The van der Waals surface area contributed by atoms with E-state index in [-0.39, 0.29) is 11.7 Å². The first-order valence-corrected chi connectivity index (χ1v) is 10.7. The van der Waals surface area contributed by atoms with Crippen molar-refractivity contribution in [3.05, 3.63) is 42.6 Å². The van der Waals surface area contributed by atoms with Gasteiger partial charge in [-0.15, -0.1) is 0 Å². The SMILES string of the molecule is CC(C)CC(=O)NCCn1ncc2c(N3CCN(c4ccc(F)cc4)CC3)ncnc21. The van der Waals surface area contributed by atoms with Gasteiger partial charge in [0.05, 0.1) is 18.1 Å². The average molecular weight is 426 g/mol. The van der Waals surface area contributed by atoms with Gasteiger partial charge in [-0.3, -0.25) is 4.79 Å². The number of aromatic nitrogens is 4. The number of benzene rings is 1. The largest absolute Gasteiger partial charge is 0.368 e. The van der Waals surface area contributed by atoms with Gasteiger partial charge in [-0.2, -0.15) is 5.10 Å². The van der Waals surface area contributed by atoms with Crippen LogP contribution in [-0.4, -0.2) is 58.4 Å². The number of carbonyl (C=O) groups excluding carboxylic acids is 1. The number of piperazine rings is 1. The van der Waals surface area contributed by atoms with E-state index in [1.807, 2.05) is 30.7 Å². The van der Waals surface area contributed by atoms with Crippen molar-refractivity contribution < 1.29 is 9.18 Å². The van der Waals surface area contributed by atoms with E-state index in [1.54, 1.807) is 12.5 Å². The minimum Gasteiger partial charge on any atom is -0.368 e. The second-order valence-corrected chi connectivity index (χ2v) is 8.20. The van der Waals surface area contributed by atoms with E-state index in [4.69, 9.17) is 0 Å². The predicted octanol–water partition coefficient (Wildman–Crippen LogP) is 2.45. The number of anilines is 2. The number of hydrogen-bond acceptors (Lipinski definition) is 6. The zero-order chi connectivity index (χ0) is 21.8. The van der Waals surface area contributed by atoms with Gasteiger partial charge >= 0.3 is 0 Å². The molecule has 0 bridgehead atoms. The standard InChI is InChI=1S/C22H28FN7O/c1-16(2)13-20(31)24-7-8-30-22-19(14-27-30)21(25-15-26-22)29-11-9-28(10-12-29)18-5-3-17(23)4-6-18/h3-6,14-16H,7-13H2,1-2H3,(H,24,31). The second-order valence-electron chi connectivity index (χ2n) is 8.20. The van der Waals surface area contributed by atoms with Crippen LogP contribution in [0.3, 0.4) is 0 Å². The normalized spacial score (nSPS) is 14.5. The predicted molar refractivity (Wildman–Crippen MR) is 119 cm³/mol. The molecule has 0 radical (unpaired) electrons. The third-order valence-electron chi connectivity index (χ3n) is 5.42. The molecule has 164 valence electrons. The van der Waals surface area contributed by atoms with Crippen molar-refractivity contribution in [1.29, 1.82) is 0 Å². The van der Waals surface area contributed by atoms with Gasteiger partial charge in [-0.25, -0.2) is 19.0 Å². The van der Waals surface area contributed by atoms with Gasteiger partial charge in [0, 0.05) is 44.8 Å². The molecule has 1 fully saturated rings. The fraction of sp³-hybridized carbons (Fsp3) is 0.455. The van der Waals surface area contributed by atoms with E-state index < -0.39 is 0 Å². The van der Waals surface area contributed by atoms with Crippen molar-refractivity contribution in [2.45, 2.75) is 26.8 Å². The number of rotatable bonds is 7. The van der Waals surface area contributed by atoms with E-state index >= 15 is 0 Å². The Labute approximate surface area is 181 Å². The third kappa shape index (κ3) is 4.92. The first kappa shape index (κ1) is 21.0. The summed E-state index contributed by atoms with van der Waals surface area (Å²) in [4.78, 5) is 25.3. The van der Waals surface area contributed by atoms with Crippen molar-refractivity contribution in [3.63, 3.8) is 0 Å². The summed E-state index contributed by atoms with van der Waals surface area (Å²) in [6.07, 6.45) is 3.89. The second kappa shape index (κ2) is 9.28. The van der Waals surface area contributed by atoms with Gasteiger partial charge in [-0.1, -0.05) is 13.8 Å². The fourth-order valence-electron chi connectivity index (χ4n) is 3.87. The van der Waals surface area contributed by atoms with Gasteiger partial charge in [0.2, 0.25) is 5.91 Å². The Kier molecular flexibility index (Phi) is 6.29. The number of nitrogens with zero attached hydrogens (tertiary/aromatic N) is 6. The summed E-state index contributed by atoms with van der Waals surface area (Å²) in [5.74, 6) is 1.05. The van der Waals surface area contributed by atoms with Crippen LogP contribution in [0.5, 0.6) is 0 Å². The lowest BCUT2D eigenvalue weighted by Crippen LogP contribution is -2.46. The van der Waals surface area contributed by atoms with Crippen LogP contribution in [0.4, 0.5) is 15.9 Å². The number of fused-ring (bicyclic) bond motifs is 1. The molecule has 1 amide bonds. The summed E-state index contributed by atoms with van der Waals surface area (Å²) in [5, 5.41) is 8.31. The first-order chi connectivity index (χ1) is 15.0. The molecular weight excluding hydrogens is 397 g/mol. The molecule has 1 saturated heterocycles. The van der Waals surface area contributed by atoms with Crippen LogP contribution in [0.25, 0.3) is 11.0 Å². The van der Waals surface area contributed by atoms with Gasteiger partial charge in [-0.05, 0) is 30.2 Å². The fourth-order valence-corrected chi connectivity index (χ4v) is 3.87. The Morgan fingerprint density at radius 1 is 1.10 bits per heavy atom. The van der Waals surface area contributed by atoms with Gasteiger partial charge in [0.25, 0.3) is 0 Å². The lowest BCUT2D eigenvalue weighted by atomic mass is 10.1. The maximum Gasteiger partial charge on any atom is 0.220 e. The quantitative estimate of drug-likeness (QED) is 0.627. The Balaban J connectivity index is 1.40. The van der Waals surface area contributed by atoms with Gasteiger partial charge in [0.15, 0.2) is 5.65 Å². The molecule has 0 unspecified atom stereocenters. The van der Waals surface area contributed by atoms with Crippen LogP contribution in [0.2, 0.25) is 0 Å². The molecule has 0 aliphatic carbocycles. The Bertz CT molecular complexity index is 1030. The molecule has 9 heteroatoms. The Hall–Kier alpha value is -3.23. The minimum absolute atomic E-state index is 0.0563. The van der Waals surface area contributed by atoms with Crippen molar-refractivity contribution >= 4 is 28.4 Å². The van der Waals surface area contributed by atoms with Crippen LogP contribution >= 0.6 is 0 Å². The number of hydrogen-bond donors (Lipinski definition) is 1. The maximum absolute atomic E-state index is 13.2.